The van der Waals surface area contributed by atoms with Gasteiger partial charge in [-0.15, -0.1) is 0 Å². The van der Waals surface area contributed by atoms with Gasteiger partial charge in [-0.25, -0.2) is 4.79 Å². The smallest absolute Gasteiger partial charge is 0.324 e. The number of amides is 2. The Kier molecular flexibility index (Phi) is 6.89. The van der Waals surface area contributed by atoms with Crippen molar-refractivity contribution in [2.45, 2.75) is 51.2 Å². The summed E-state index contributed by atoms with van der Waals surface area (Å²) in [6.45, 7) is 3.58. The molecule has 2 amide bonds. The highest BCUT2D eigenvalue weighted by Crippen LogP contribution is 2.32. The third kappa shape index (κ3) is 4.56. The maximum atomic E-state index is 11.8. The molecule has 0 saturated carbocycles. The first-order chi connectivity index (χ1) is 13.1. The molecule has 0 aromatic heterocycles. The third-order valence-corrected chi connectivity index (χ3v) is 4.61. The fourth-order valence-corrected chi connectivity index (χ4v) is 3.01. The molecular formula is C19H28N2O7. The standard InChI is InChI=1S/C19H28N2O7/c1-5-11-19(2)27-16(24)13(17(25)28-19)10-8-6-7-9-12-14(22)20(3)18(26)21(4)15(12)23/h6-10,14-16,22-25H,5,11H2,1-4H3. The van der Waals surface area contributed by atoms with Crippen molar-refractivity contribution in [2.75, 3.05) is 14.1 Å². The minimum absolute atomic E-state index is 0.0775. The molecule has 2 aliphatic rings. The summed E-state index contributed by atoms with van der Waals surface area (Å²) in [5.74, 6) is -1.49. The second-order valence-corrected chi connectivity index (χ2v) is 6.88. The second-order valence-electron chi connectivity index (χ2n) is 6.88. The predicted molar refractivity (Wildman–Crippen MR) is 100 cm³/mol. The van der Waals surface area contributed by atoms with Crippen LogP contribution in [0.25, 0.3) is 0 Å². The van der Waals surface area contributed by atoms with Crippen LogP contribution in [-0.2, 0) is 9.47 Å². The lowest BCUT2D eigenvalue weighted by Gasteiger charge is -2.40. The average Bonchev–Trinajstić information content (AvgIpc) is 2.62. The quantitative estimate of drug-likeness (QED) is 0.517. The zero-order chi connectivity index (χ0) is 21.1. The molecule has 1 fully saturated rings. The summed E-state index contributed by atoms with van der Waals surface area (Å²) in [7, 11) is 2.86. The van der Waals surface area contributed by atoms with Gasteiger partial charge in [0.15, 0.2) is 18.7 Å². The van der Waals surface area contributed by atoms with Gasteiger partial charge >= 0.3 is 6.03 Å². The highest BCUT2D eigenvalue weighted by molar-refractivity contribution is 5.76. The summed E-state index contributed by atoms with van der Waals surface area (Å²) in [6, 6.07) is -0.496. The molecule has 0 aromatic carbocycles. The lowest BCUT2D eigenvalue weighted by Crippen LogP contribution is -2.57. The van der Waals surface area contributed by atoms with E-state index in [1.807, 2.05) is 6.92 Å². The van der Waals surface area contributed by atoms with Crippen molar-refractivity contribution >= 4 is 6.03 Å². The van der Waals surface area contributed by atoms with Crippen molar-refractivity contribution in [1.29, 1.82) is 0 Å². The highest BCUT2D eigenvalue weighted by atomic mass is 16.8. The summed E-state index contributed by atoms with van der Waals surface area (Å²) in [5, 5.41) is 40.4. The summed E-state index contributed by atoms with van der Waals surface area (Å²) in [5.41, 5.74) is 0.310. The third-order valence-electron chi connectivity index (χ3n) is 4.61. The van der Waals surface area contributed by atoms with Gasteiger partial charge in [-0.1, -0.05) is 31.2 Å². The largest absolute Gasteiger partial charge is 0.481 e. The number of nitrogens with zero attached hydrogens (tertiary/aromatic N) is 2. The number of hydrogen-bond acceptors (Lipinski definition) is 7. The van der Waals surface area contributed by atoms with Crippen molar-refractivity contribution in [3.05, 3.63) is 47.5 Å². The number of aliphatic hydroxyl groups excluding tert-OH is 4. The van der Waals surface area contributed by atoms with Gasteiger partial charge in [0, 0.05) is 33.0 Å². The molecule has 1 saturated heterocycles. The van der Waals surface area contributed by atoms with Gasteiger partial charge in [0.1, 0.15) is 0 Å². The molecule has 28 heavy (non-hydrogen) atoms. The molecule has 0 spiro atoms. The number of ether oxygens (including phenoxy) is 2. The van der Waals surface area contributed by atoms with Crippen LogP contribution in [0, 0.1) is 0 Å². The number of aliphatic hydroxyl groups is 4. The van der Waals surface area contributed by atoms with Gasteiger partial charge in [-0.05, 0) is 12.5 Å². The van der Waals surface area contributed by atoms with Crippen molar-refractivity contribution in [3.8, 4) is 0 Å². The topological polar surface area (TPSA) is 123 Å². The summed E-state index contributed by atoms with van der Waals surface area (Å²) >= 11 is 0. The fourth-order valence-electron chi connectivity index (χ4n) is 3.01. The van der Waals surface area contributed by atoms with Crippen molar-refractivity contribution in [1.82, 2.24) is 9.80 Å². The molecule has 2 rings (SSSR count). The molecule has 4 unspecified atom stereocenters. The Labute approximate surface area is 164 Å². The normalized spacial score (nSPS) is 31.9. The van der Waals surface area contributed by atoms with Crippen LogP contribution in [0.15, 0.2) is 47.5 Å². The molecule has 9 nitrogen and oxygen atoms in total. The van der Waals surface area contributed by atoms with E-state index in [1.54, 1.807) is 19.1 Å². The molecule has 0 aliphatic carbocycles. The van der Waals surface area contributed by atoms with Gasteiger partial charge in [-0.2, -0.15) is 0 Å². The van der Waals surface area contributed by atoms with Crippen LogP contribution >= 0.6 is 0 Å². The number of urea groups is 1. The maximum Gasteiger partial charge on any atom is 0.324 e. The first-order valence-corrected chi connectivity index (χ1v) is 9.00. The zero-order valence-corrected chi connectivity index (χ0v) is 16.4. The van der Waals surface area contributed by atoms with Gasteiger partial charge in [0.05, 0.1) is 5.57 Å². The Morgan fingerprint density at radius 2 is 1.71 bits per heavy atom. The lowest BCUT2D eigenvalue weighted by atomic mass is 10.1. The summed E-state index contributed by atoms with van der Waals surface area (Å²) in [4.78, 5) is 14.0. The fraction of sp³-hybridized carbons (Fsp3) is 0.526. The average molecular weight is 396 g/mol. The molecule has 2 aliphatic heterocycles. The molecule has 4 atom stereocenters. The maximum absolute atomic E-state index is 11.8. The first kappa shape index (κ1) is 22.0. The van der Waals surface area contributed by atoms with E-state index in [-0.39, 0.29) is 11.1 Å². The van der Waals surface area contributed by atoms with Crippen molar-refractivity contribution in [2.24, 2.45) is 0 Å². The summed E-state index contributed by atoms with van der Waals surface area (Å²) in [6.07, 6.45) is 5.01. The monoisotopic (exact) mass is 396 g/mol. The van der Waals surface area contributed by atoms with E-state index in [1.165, 1.54) is 32.3 Å². The Balaban J connectivity index is 2.09. The molecule has 0 aromatic rings. The molecule has 0 radical (unpaired) electrons. The van der Waals surface area contributed by atoms with Gasteiger partial charge in [0.2, 0.25) is 5.79 Å². The number of allylic oxidation sites excluding steroid dienone is 4. The van der Waals surface area contributed by atoms with Gasteiger partial charge in [0.25, 0.3) is 5.95 Å². The van der Waals surface area contributed by atoms with Crippen LogP contribution in [0.5, 0.6) is 0 Å². The molecule has 2 heterocycles. The number of rotatable bonds is 5. The van der Waals surface area contributed by atoms with Crippen LogP contribution in [-0.4, -0.2) is 74.9 Å². The predicted octanol–water partition coefficient (Wildman–Crippen LogP) is 1.31. The Bertz CT molecular complexity index is 695. The molecule has 156 valence electrons. The molecular weight excluding hydrogens is 368 g/mol. The van der Waals surface area contributed by atoms with Crippen molar-refractivity contribution in [3.63, 3.8) is 0 Å². The van der Waals surface area contributed by atoms with Crippen LogP contribution < -0.4 is 0 Å². The SMILES string of the molecule is CCCC1(C)OC(O)=C(C=CC=CC=C2C(O)N(C)C(=O)N(C)C2O)C(O)O1. The van der Waals surface area contributed by atoms with Crippen LogP contribution in [0.1, 0.15) is 26.7 Å². The van der Waals surface area contributed by atoms with E-state index >= 15 is 0 Å². The van der Waals surface area contributed by atoms with E-state index in [4.69, 9.17) is 9.47 Å². The lowest BCUT2D eigenvalue weighted by molar-refractivity contribution is -0.299. The van der Waals surface area contributed by atoms with Gasteiger partial charge in [-0.3, -0.25) is 9.80 Å². The summed E-state index contributed by atoms with van der Waals surface area (Å²) < 4.78 is 10.8. The number of likely N-dealkylation sites (N-methyl/N-ethyl adjacent to an activating group) is 2. The number of carbonyl (C=O) groups excluding carboxylic acids is 1. The van der Waals surface area contributed by atoms with E-state index in [0.29, 0.717) is 6.42 Å². The van der Waals surface area contributed by atoms with Crippen LogP contribution in [0.3, 0.4) is 0 Å². The Morgan fingerprint density at radius 1 is 1.11 bits per heavy atom. The number of carbonyl (C=O) groups is 1. The molecule has 9 heteroatoms. The number of hydrogen-bond donors (Lipinski definition) is 4. The molecule has 0 bridgehead atoms. The zero-order valence-electron chi connectivity index (χ0n) is 16.4. The first-order valence-electron chi connectivity index (χ1n) is 9.00. The minimum Gasteiger partial charge on any atom is -0.481 e. The van der Waals surface area contributed by atoms with Crippen molar-refractivity contribution < 1.29 is 34.7 Å². The van der Waals surface area contributed by atoms with E-state index in [0.717, 1.165) is 16.2 Å². The Hall–Kier alpha value is -2.33. The van der Waals surface area contributed by atoms with E-state index in [2.05, 4.69) is 0 Å². The van der Waals surface area contributed by atoms with Crippen LogP contribution in [0.2, 0.25) is 0 Å². The minimum atomic E-state index is -1.33. The Morgan fingerprint density at radius 3 is 2.25 bits per heavy atom. The van der Waals surface area contributed by atoms with Crippen LogP contribution in [0.4, 0.5) is 4.79 Å². The van der Waals surface area contributed by atoms with E-state index < -0.39 is 36.5 Å². The molecule has 4 N–H and O–H groups in total. The second kappa shape index (κ2) is 8.78. The highest BCUT2D eigenvalue weighted by Gasteiger charge is 2.38. The van der Waals surface area contributed by atoms with E-state index in [9.17, 15) is 25.2 Å². The van der Waals surface area contributed by atoms with Gasteiger partial charge < -0.3 is 29.9 Å².